The third-order valence-corrected chi connectivity index (χ3v) is 4.73. The van der Waals surface area contributed by atoms with Crippen molar-refractivity contribution < 1.29 is 52.3 Å². The van der Waals surface area contributed by atoms with Gasteiger partial charge in [0.25, 0.3) is 0 Å². The first kappa shape index (κ1) is 32.5. The predicted octanol–water partition coefficient (Wildman–Crippen LogP) is 4.39. The lowest BCUT2D eigenvalue weighted by Gasteiger charge is -2.22. The molecule has 12 heteroatoms. The zero-order valence-corrected chi connectivity index (χ0v) is 23.0. The van der Waals surface area contributed by atoms with E-state index in [4.69, 9.17) is 38.9 Å². The SMILES string of the molecule is CCOC(=O)OC(C)[C@H](C)OC(=O)[C@@H](N)Cc1ccc(OC(=O)OCC(C)C)c(OC(=O)OCC(C)C)c1. The Balaban J connectivity index is 2.93. The van der Waals surface area contributed by atoms with Gasteiger partial charge < -0.3 is 38.9 Å². The monoisotopic (exact) mass is 541 g/mol. The van der Waals surface area contributed by atoms with Crippen molar-refractivity contribution in [2.24, 2.45) is 17.6 Å². The van der Waals surface area contributed by atoms with E-state index in [0.29, 0.717) is 5.56 Å². The Morgan fingerprint density at radius 3 is 1.79 bits per heavy atom. The fourth-order valence-electron chi connectivity index (χ4n) is 2.65. The van der Waals surface area contributed by atoms with Crippen LogP contribution in [-0.2, 0) is 34.9 Å². The molecule has 0 aromatic heterocycles. The summed E-state index contributed by atoms with van der Waals surface area (Å²) in [6.07, 6.45) is -4.41. The molecule has 0 bridgehead atoms. The van der Waals surface area contributed by atoms with Gasteiger partial charge in [0.1, 0.15) is 18.2 Å². The number of hydrogen-bond acceptors (Lipinski definition) is 12. The second kappa shape index (κ2) is 16.3. The smallest absolute Gasteiger partial charge is 0.458 e. The van der Waals surface area contributed by atoms with Crippen molar-refractivity contribution >= 4 is 24.4 Å². The summed E-state index contributed by atoms with van der Waals surface area (Å²) < 4.78 is 35.5. The number of nitrogens with two attached hydrogens (primary N) is 1. The van der Waals surface area contributed by atoms with Crippen molar-refractivity contribution in [2.45, 2.75) is 73.1 Å². The van der Waals surface area contributed by atoms with Gasteiger partial charge in [-0.1, -0.05) is 33.8 Å². The zero-order valence-electron chi connectivity index (χ0n) is 23.0. The summed E-state index contributed by atoms with van der Waals surface area (Å²) in [7, 11) is 0. The Morgan fingerprint density at radius 2 is 1.26 bits per heavy atom. The number of carbonyl (C=O) groups is 4. The van der Waals surface area contributed by atoms with E-state index in [0.717, 1.165) is 0 Å². The summed E-state index contributed by atoms with van der Waals surface area (Å²) in [5, 5.41) is 0. The van der Waals surface area contributed by atoms with Gasteiger partial charge in [0, 0.05) is 0 Å². The first-order valence-corrected chi connectivity index (χ1v) is 12.4. The standard InChI is InChI=1S/C26H39NO11/c1-8-32-24(29)36-18(7)17(6)35-23(28)20(27)11-19-9-10-21(37-25(30)33-13-15(2)3)22(12-19)38-26(31)34-14-16(4)5/h9-10,12,15-18,20H,8,11,13-14,27H2,1-7H3/t17-,18?,20-/m0/s1. The number of benzene rings is 1. The second-order valence-electron chi connectivity index (χ2n) is 9.35. The van der Waals surface area contributed by atoms with Gasteiger partial charge in [-0.05, 0) is 56.7 Å². The molecule has 0 spiro atoms. The third kappa shape index (κ3) is 12.6. The van der Waals surface area contributed by atoms with Crippen LogP contribution in [0.1, 0.15) is 54.0 Å². The van der Waals surface area contributed by atoms with Gasteiger partial charge in [-0.25, -0.2) is 14.4 Å². The van der Waals surface area contributed by atoms with Crippen LogP contribution in [0.4, 0.5) is 14.4 Å². The van der Waals surface area contributed by atoms with Crippen molar-refractivity contribution in [3.05, 3.63) is 23.8 Å². The molecule has 1 aromatic carbocycles. The highest BCUT2D eigenvalue weighted by Crippen LogP contribution is 2.30. The van der Waals surface area contributed by atoms with Crippen molar-refractivity contribution in [2.75, 3.05) is 19.8 Å². The zero-order chi connectivity index (χ0) is 28.8. The lowest BCUT2D eigenvalue weighted by atomic mass is 10.1. The third-order valence-electron chi connectivity index (χ3n) is 4.73. The Hall–Kier alpha value is -3.54. The lowest BCUT2D eigenvalue weighted by molar-refractivity contribution is -0.155. The van der Waals surface area contributed by atoms with Gasteiger partial charge in [-0.2, -0.15) is 0 Å². The van der Waals surface area contributed by atoms with Crippen LogP contribution >= 0.6 is 0 Å². The minimum absolute atomic E-state index is 0.00581. The van der Waals surface area contributed by atoms with Crippen molar-refractivity contribution in [1.29, 1.82) is 0 Å². The molecule has 0 amide bonds. The molecule has 2 N–H and O–H groups in total. The van der Waals surface area contributed by atoms with Crippen molar-refractivity contribution in [3.8, 4) is 11.5 Å². The summed E-state index contributed by atoms with van der Waals surface area (Å²) in [6.45, 7) is 12.6. The molecule has 0 aliphatic heterocycles. The molecule has 0 saturated carbocycles. The molecule has 38 heavy (non-hydrogen) atoms. The Labute approximate surface area is 223 Å². The highest BCUT2D eigenvalue weighted by atomic mass is 16.7. The average molecular weight is 542 g/mol. The summed E-state index contributed by atoms with van der Waals surface area (Å²) in [6, 6.07) is 3.22. The maximum absolute atomic E-state index is 12.5. The minimum Gasteiger partial charge on any atom is -0.458 e. The second-order valence-corrected chi connectivity index (χ2v) is 9.35. The van der Waals surface area contributed by atoms with E-state index in [-0.39, 0.29) is 49.6 Å². The topological polar surface area (TPSA) is 159 Å². The average Bonchev–Trinajstić information content (AvgIpc) is 2.82. The first-order valence-electron chi connectivity index (χ1n) is 12.4. The summed E-state index contributed by atoms with van der Waals surface area (Å²) in [5.41, 5.74) is 6.50. The van der Waals surface area contributed by atoms with E-state index in [9.17, 15) is 19.2 Å². The maximum atomic E-state index is 12.5. The van der Waals surface area contributed by atoms with Gasteiger partial charge in [0.15, 0.2) is 11.5 Å². The normalized spacial score (nSPS) is 13.2. The van der Waals surface area contributed by atoms with Gasteiger partial charge in [-0.15, -0.1) is 0 Å². The predicted molar refractivity (Wildman–Crippen MR) is 135 cm³/mol. The number of esters is 1. The molecule has 0 saturated heterocycles. The quantitative estimate of drug-likeness (QED) is 0.213. The molecular formula is C26H39NO11. The van der Waals surface area contributed by atoms with E-state index in [1.54, 1.807) is 26.8 Å². The van der Waals surface area contributed by atoms with Crippen LogP contribution in [0.5, 0.6) is 11.5 Å². The largest absolute Gasteiger partial charge is 0.513 e. The van der Waals surface area contributed by atoms with E-state index in [1.165, 1.54) is 12.1 Å². The Kier molecular flexibility index (Phi) is 14.0. The van der Waals surface area contributed by atoms with Crippen molar-refractivity contribution in [1.82, 2.24) is 0 Å². The van der Waals surface area contributed by atoms with Gasteiger partial charge >= 0.3 is 24.4 Å². The molecule has 1 unspecified atom stereocenters. The molecule has 214 valence electrons. The van der Waals surface area contributed by atoms with Crippen LogP contribution < -0.4 is 15.2 Å². The van der Waals surface area contributed by atoms with E-state index in [1.807, 2.05) is 27.7 Å². The number of carbonyl (C=O) groups excluding carboxylic acids is 4. The number of rotatable bonds is 13. The number of hydrogen-bond donors (Lipinski definition) is 1. The van der Waals surface area contributed by atoms with Gasteiger partial charge in [0.2, 0.25) is 0 Å². The molecule has 1 rings (SSSR count). The molecule has 0 aliphatic carbocycles. The molecule has 0 radical (unpaired) electrons. The van der Waals surface area contributed by atoms with Crippen LogP contribution in [0.15, 0.2) is 18.2 Å². The highest BCUT2D eigenvalue weighted by molar-refractivity contribution is 5.76. The summed E-state index contributed by atoms with van der Waals surface area (Å²) in [4.78, 5) is 48.2. The van der Waals surface area contributed by atoms with Gasteiger partial charge in [0.05, 0.1) is 19.8 Å². The fourth-order valence-corrected chi connectivity index (χ4v) is 2.65. The van der Waals surface area contributed by atoms with Gasteiger partial charge in [-0.3, -0.25) is 4.79 Å². The molecule has 0 aliphatic rings. The first-order chi connectivity index (χ1) is 17.8. The molecule has 1 aromatic rings. The fraction of sp³-hybridized carbons (Fsp3) is 0.615. The van der Waals surface area contributed by atoms with Crippen LogP contribution in [0.3, 0.4) is 0 Å². The Morgan fingerprint density at radius 1 is 0.737 bits per heavy atom. The van der Waals surface area contributed by atoms with Crippen LogP contribution in [0.2, 0.25) is 0 Å². The van der Waals surface area contributed by atoms with Crippen LogP contribution in [-0.4, -0.2) is 62.5 Å². The highest BCUT2D eigenvalue weighted by Gasteiger charge is 2.25. The van der Waals surface area contributed by atoms with E-state index < -0.39 is 42.7 Å². The summed E-state index contributed by atoms with van der Waals surface area (Å²) >= 11 is 0. The van der Waals surface area contributed by atoms with E-state index in [2.05, 4.69) is 0 Å². The number of ether oxygens (including phenoxy) is 7. The van der Waals surface area contributed by atoms with Crippen LogP contribution in [0.25, 0.3) is 0 Å². The molecule has 12 nitrogen and oxygen atoms in total. The van der Waals surface area contributed by atoms with Crippen LogP contribution in [0, 0.1) is 11.8 Å². The minimum atomic E-state index is -1.10. The summed E-state index contributed by atoms with van der Waals surface area (Å²) in [5.74, 6) is -0.780. The Bertz CT molecular complexity index is 932. The molecular weight excluding hydrogens is 502 g/mol. The molecule has 0 heterocycles. The molecule has 0 fully saturated rings. The van der Waals surface area contributed by atoms with Crippen molar-refractivity contribution in [3.63, 3.8) is 0 Å². The van der Waals surface area contributed by atoms with E-state index >= 15 is 0 Å². The molecule has 3 atom stereocenters. The maximum Gasteiger partial charge on any atom is 0.513 e. The lowest BCUT2D eigenvalue weighted by Crippen LogP contribution is -2.39.